The van der Waals surface area contributed by atoms with Gasteiger partial charge < -0.3 is 20.7 Å². The molecule has 0 saturated carbocycles. The molecule has 150 valence electrons. The summed E-state index contributed by atoms with van der Waals surface area (Å²) in [5.41, 5.74) is 10.3. The number of carbonyl (C=O) groups excluding carboxylic acids is 1. The number of nitrogens with one attached hydrogen (secondary N) is 1. The fraction of sp³-hybridized carbons (Fsp3) is 0.217. The number of hydrogen-bond acceptors (Lipinski definition) is 5. The number of aromatic nitrogens is 1. The zero-order valence-electron chi connectivity index (χ0n) is 17.0. The standard InChI is InChI=1S/C23H26N4O2/c1-27(2)11-10-25-23(28)18-8-4-6-16(12-18)19-14-21(22(24)26-15-19)17-7-5-9-20(13-17)29-3/h4-9,12-15H,10-11H2,1-3H3,(H2,24,26)(H,25,28). The number of benzene rings is 2. The van der Waals surface area contributed by atoms with Crippen LogP contribution in [0.2, 0.25) is 0 Å². The molecule has 29 heavy (non-hydrogen) atoms. The van der Waals surface area contributed by atoms with Gasteiger partial charge in [0, 0.05) is 36.0 Å². The lowest BCUT2D eigenvalue weighted by Crippen LogP contribution is -2.31. The van der Waals surface area contributed by atoms with Gasteiger partial charge in [0.2, 0.25) is 0 Å². The van der Waals surface area contributed by atoms with Crippen LogP contribution in [0.5, 0.6) is 5.75 Å². The minimum Gasteiger partial charge on any atom is -0.497 e. The average molecular weight is 390 g/mol. The number of nitrogens with zero attached hydrogens (tertiary/aromatic N) is 2. The molecule has 6 nitrogen and oxygen atoms in total. The van der Waals surface area contributed by atoms with Gasteiger partial charge in [-0.3, -0.25) is 4.79 Å². The molecule has 3 rings (SSSR count). The van der Waals surface area contributed by atoms with Crippen molar-refractivity contribution in [3.63, 3.8) is 0 Å². The summed E-state index contributed by atoms with van der Waals surface area (Å²) in [6.07, 6.45) is 1.72. The van der Waals surface area contributed by atoms with Crippen LogP contribution < -0.4 is 15.8 Å². The molecule has 3 aromatic rings. The third-order valence-electron chi connectivity index (χ3n) is 4.60. The highest BCUT2D eigenvalue weighted by atomic mass is 16.5. The summed E-state index contributed by atoms with van der Waals surface area (Å²) >= 11 is 0. The number of rotatable bonds is 7. The van der Waals surface area contributed by atoms with Gasteiger partial charge in [-0.2, -0.15) is 0 Å². The second-order valence-corrected chi connectivity index (χ2v) is 7.03. The predicted molar refractivity (Wildman–Crippen MR) is 117 cm³/mol. The second-order valence-electron chi connectivity index (χ2n) is 7.03. The molecule has 1 aromatic heterocycles. The first kappa shape index (κ1) is 20.4. The Labute approximate surface area is 171 Å². The number of carbonyl (C=O) groups is 1. The van der Waals surface area contributed by atoms with Gasteiger partial charge in [-0.05, 0) is 55.6 Å². The Morgan fingerprint density at radius 3 is 2.59 bits per heavy atom. The smallest absolute Gasteiger partial charge is 0.251 e. The third-order valence-corrected chi connectivity index (χ3v) is 4.60. The summed E-state index contributed by atoms with van der Waals surface area (Å²) < 4.78 is 5.31. The van der Waals surface area contributed by atoms with Crippen molar-refractivity contribution in [1.82, 2.24) is 15.2 Å². The maximum Gasteiger partial charge on any atom is 0.251 e. The Morgan fingerprint density at radius 2 is 1.83 bits per heavy atom. The highest BCUT2D eigenvalue weighted by molar-refractivity contribution is 5.95. The van der Waals surface area contributed by atoms with E-state index in [-0.39, 0.29) is 5.91 Å². The number of hydrogen-bond donors (Lipinski definition) is 2. The van der Waals surface area contributed by atoms with Crippen LogP contribution in [0.3, 0.4) is 0 Å². The number of nitrogen functional groups attached to an aromatic ring is 1. The van der Waals surface area contributed by atoms with E-state index >= 15 is 0 Å². The van der Waals surface area contributed by atoms with Gasteiger partial charge in [0.05, 0.1) is 7.11 Å². The first-order valence-electron chi connectivity index (χ1n) is 9.41. The zero-order chi connectivity index (χ0) is 20.8. The number of nitrogens with two attached hydrogens (primary N) is 1. The van der Waals surface area contributed by atoms with E-state index in [1.54, 1.807) is 13.3 Å². The van der Waals surface area contributed by atoms with Gasteiger partial charge >= 0.3 is 0 Å². The van der Waals surface area contributed by atoms with Crippen molar-refractivity contribution >= 4 is 11.7 Å². The molecule has 0 fully saturated rings. The van der Waals surface area contributed by atoms with Crippen molar-refractivity contribution in [2.75, 3.05) is 40.0 Å². The van der Waals surface area contributed by atoms with Crippen LogP contribution in [-0.2, 0) is 0 Å². The van der Waals surface area contributed by atoms with Crippen molar-refractivity contribution < 1.29 is 9.53 Å². The summed E-state index contributed by atoms with van der Waals surface area (Å²) in [5.74, 6) is 1.11. The summed E-state index contributed by atoms with van der Waals surface area (Å²) in [6, 6.07) is 17.2. The highest BCUT2D eigenvalue weighted by Gasteiger charge is 2.11. The Balaban J connectivity index is 1.88. The Bertz CT molecular complexity index is 1000. The van der Waals surface area contributed by atoms with E-state index in [0.29, 0.717) is 17.9 Å². The monoisotopic (exact) mass is 390 g/mol. The van der Waals surface area contributed by atoms with Gasteiger partial charge in [-0.15, -0.1) is 0 Å². The fourth-order valence-corrected chi connectivity index (χ4v) is 2.99. The van der Waals surface area contributed by atoms with E-state index in [2.05, 4.69) is 10.3 Å². The van der Waals surface area contributed by atoms with E-state index in [1.165, 1.54) is 0 Å². The summed E-state index contributed by atoms with van der Waals surface area (Å²) in [6.45, 7) is 1.39. The molecule has 0 aliphatic carbocycles. The topological polar surface area (TPSA) is 80.5 Å². The van der Waals surface area contributed by atoms with Crippen LogP contribution in [0.25, 0.3) is 22.3 Å². The Hall–Kier alpha value is -3.38. The van der Waals surface area contributed by atoms with Crippen LogP contribution >= 0.6 is 0 Å². The predicted octanol–water partition coefficient (Wildman–Crippen LogP) is 3.30. The van der Waals surface area contributed by atoms with Gasteiger partial charge in [-0.25, -0.2) is 4.98 Å². The quantitative estimate of drug-likeness (QED) is 0.647. The minimum atomic E-state index is -0.0925. The average Bonchev–Trinajstić information content (AvgIpc) is 2.74. The first-order valence-corrected chi connectivity index (χ1v) is 9.41. The molecular formula is C23H26N4O2. The first-order chi connectivity index (χ1) is 14.0. The van der Waals surface area contributed by atoms with Gasteiger partial charge in [0.25, 0.3) is 5.91 Å². The largest absolute Gasteiger partial charge is 0.497 e. The van der Waals surface area contributed by atoms with E-state index in [9.17, 15) is 4.79 Å². The number of methoxy groups -OCH3 is 1. The number of amides is 1. The SMILES string of the molecule is COc1cccc(-c2cc(-c3cccc(C(=O)NCCN(C)C)c3)cnc2N)c1. The van der Waals surface area contributed by atoms with E-state index < -0.39 is 0 Å². The van der Waals surface area contributed by atoms with Crippen LogP contribution in [0, 0.1) is 0 Å². The summed E-state index contributed by atoms with van der Waals surface area (Å²) in [5, 5.41) is 2.94. The second kappa shape index (κ2) is 9.21. The Morgan fingerprint density at radius 1 is 1.07 bits per heavy atom. The molecule has 0 spiro atoms. The van der Waals surface area contributed by atoms with Crippen molar-refractivity contribution in [2.24, 2.45) is 0 Å². The van der Waals surface area contributed by atoms with E-state index in [0.717, 1.165) is 34.5 Å². The van der Waals surface area contributed by atoms with Crippen molar-refractivity contribution in [2.45, 2.75) is 0 Å². The lowest BCUT2D eigenvalue weighted by Gasteiger charge is -2.12. The molecule has 0 saturated heterocycles. The molecule has 1 amide bonds. The number of anilines is 1. The normalized spacial score (nSPS) is 10.8. The maximum atomic E-state index is 12.4. The van der Waals surface area contributed by atoms with Crippen LogP contribution in [0.1, 0.15) is 10.4 Å². The van der Waals surface area contributed by atoms with Crippen LogP contribution in [-0.4, -0.2) is 50.1 Å². The Kier molecular flexibility index (Phi) is 6.46. The molecule has 0 radical (unpaired) electrons. The minimum absolute atomic E-state index is 0.0925. The van der Waals surface area contributed by atoms with E-state index in [4.69, 9.17) is 10.5 Å². The van der Waals surface area contributed by atoms with Crippen molar-refractivity contribution in [1.29, 1.82) is 0 Å². The molecule has 0 aliphatic rings. The molecule has 3 N–H and O–H groups in total. The maximum absolute atomic E-state index is 12.4. The molecule has 0 aliphatic heterocycles. The molecule has 0 atom stereocenters. The molecule has 2 aromatic carbocycles. The van der Waals surface area contributed by atoms with Gasteiger partial charge in [0.1, 0.15) is 11.6 Å². The van der Waals surface area contributed by atoms with Crippen LogP contribution in [0.4, 0.5) is 5.82 Å². The third kappa shape index (κ3) is 5.12. The molecule has 1 heterocycles. The number of likely N-dealkylation sites (N-methyl/N-ethyl adjacent to an activating group) is 1. The van der Waals surface area contributed by atoms with Crippen molar-refractivity contribution in [3.8, 4) is 28.0 Å². The van der Waals surface area contributed by atoms with Gasteiger partial charge in [0.15, 0.2) is 0 Å². The van der Waals surface area contributed by atoms with Gasteiger partial charge in [-0.1, -0.05) is 24.3 Å². The zero-order valence-corrected chi connectivity index (χ0v) is 17.0. The summed E-state index contributed by atoms with van der Waals surface area (Å²) in [7, 11) is 5.58. The molecular weight excluding hydrogens is 364 g/mol. The lowest BCUT2D eigenvalue weighted by molar-refractivity contribution is 0.0951. The molecule has 6 heteroatoms. The summed E-state index contributed by atoms with van der Waals surface area (Å²) in [4.78, 5) is 18.8. The number of ether oxygens (including phenoxy) is 1. The molecule has 0 unspecified atom stereocenters. The lowest BCUT2D eigenvalue weighted by atomic mass is 9.99. The van der Waals surface area contributed by atoms with E-state index in [1.807, 2.05) is 73.6 Å². The highest BCUT2D eigenvalue weighted by Crippen LogP contribution is 2.31. The fourth-order valence-electron chi connectivity index (χ4n) is 2.99. The molecule has 0 bridgehead atoms. The van der Waals surface area contributed by atoms with Crippen LogP contribution in [0.15, 0.2) is 60.8 Å². The number of pyridine rings is 1. The van der Waals surface area contributed by atoms with Crippen molar-refractivity contribution in [3.05, 3.63) is 66.4 Å².